The number of amides is 2. The van der Waals surface area contributed by atoms with Crippen molar-refractivity contribution in [1.29, 1.82) is 0 Å². The van der Waals surface area contributed by atoms with Gasteiger partial charge in [0.25, 0.3) is 0 Å². The lowest BCUT2D eigenvalue weighted by Gasteiger charge is -2.13. The maximum atomic E-state index is 12.2. The van der Waals surface area contributed by atoms with Gasteiger partial charge in [-0.1, -0.05) is 25.1 Å². The summed E-state index contributed by atoms with van der Waals surface area (Å²) in [5, 5.41) is 12.8. The molecular weight excluding hydrogens is 324 g/mol. The highest BCUT2D eigenvalue weighted by molar-refractivity contribution is 7.09. The molecule has 0 spiro atoms. The number of nitrogens with zero attached hydrogens (tertiary/aromatic N) is 4. The van der Waals surface area contributed by atoms with Gasteiger partial charge in [-0.15, -0.1) is 11.3 Å². The minimum atomic E-state index is -0.232. The molecule has 2 amide bonds. The molecule has 8 heteroatoms. The molecule has 3 rings (SSSR count). The number of para-hydroxylation sites is 1. The maximum absolute atomic E-state index is 12.2. The van der Waals surface area contributed by atoms with Crippen LogP contribution in [0.4, 0.5) is 10.5 Å². The summed E-state index contributed by atoms with van der Waals surface area (Å²) in [7, 11) is 0. The molecule has 3 aromatic rings. The van der Waals surface area contributed by atoms with E-state index < -0.39 is 0 Å². The van der Waals surface area contributed by atoms with Crippen molar-refractivity contribution in [1.82, 2.24) is 25.1 Å². The lowest BCUT2D eigenvalue weighted by atomic mass is 10.2. The summed E-state index contributed by atoms with van der Waals surface area (Å²) in [4.78, 5) is 20.4. The van der Waals surface area contributed by atoms with Crippen LogP contribution in [0, 0.1) is 0 Å². The fourth-order valence-corrected chi connectivity index (χ4v) is 2.94. The van der Waals surface area contributed by atoms with E-state index in [1.54, 1.807) is 28.5 Å². The predicted octanol–water partition coefficient (Wildman–Crippen LogP) is 2.71. The summed E-state index contributed by atoms with van der Waals surface area (Å²) in [5.41, 5.74) is 1.72. The van der Waals surface area contributed by atoms with Crippen LogP contribution in [0.1, 0.15) is 23.4 Å². The summed E-state index contributed by atoms with van der Waals surface area (Å²) in [5.74, 6) is 0.182. The van der Waals surface area contributed by atoms with Crippen LogP contribution >= 0.6 is 11.3 Å². The highest BCUT2D eigenvalue weighted by Crippen LogP contribution is 2.17. The molecule has 1 aromatic carbocycles. The van der Waals surface area contributed by atoms with Crippen molar-refractivity contribution in [3.05, 3.63) is 59.1 Å². The molecule has 24 heavy (non-hydrogen) atoms. The van der Waals surface area contributed by atoms with Crippen molar-refractivity contribution in [2.24, 2.45) is 0 Å². The van der Waals surface area contributed by atoms with E-state index in [1.165, 1.54) is 6.33 Å². The van der Waals surface area contributed by atoms with Crippen molar-refractivity contribution < 1.29 is 4.79 Å². The van der Waals surface area contributed by atoms with Crippen LogP contribution in [0.15, 0.2) is 48.5 Å². The van der Waals surface area contributed by atoms with E-state index in [0.717, 1.165) is 16.3 Å². The van der Waals surface area contributed by atoms with Crippen LogP contribution in [0.3, 0.4) is 0 Å². The Kier molecular flexibility index (Phi) is 5.17. The standard InChI is InChI=1S/C16H18N6OS/c1-12(15-18-6-7-24-15)8-19-16(23)21-14-5-3-2-4-13(14)9-22-11-17-10-20-22/h2-7,10-12H,8-9H2,1H3,(H2,19,21,23)/t12-/m1/s1. The number of anilines is 1. The van der Waals surface area contributed by atoms with E-state index in [1.807, 2.05) is 36.6 Å². The zero-order chi connectivity index (χ0) is 16.8. The summed E-state index contributed by atoms with van der Waals surface area (Å²) in [6, 6.07) is 7.41. The van der Waals surface area contributed by atoms with E-state index in [9.17, 15) is 4.79 Å². The number of urea groups is 1. The van der Waals surface area contributed by atoms with Gasteiger partial charge in [-0.25, -0.2) is 19.4 Å². The number of rotatable bonds is 6. The number of benzene rings is 1. The molecule has 0 saturated heterocycles. The molecule has 124 valence electrons. The Morgan fingerprint density at radius 1 is 1.38 bits per heavy atom. The van der Waals surface area contributed by atoms with Crippen molar-refractivity contribution >= 4 is 23.1 Å². The van der Waals surface area contributed by atoms with E-state index in [-0.39, 0.29) is 11.9 Å². The normalized spacial score (nSPS) is 11.9. The van der Waals surface area contributed by atoms with E-state index >= 15 is 0 Å². The molecule has 0 aliphatic rings. The lowest BCUT2D eigenvalue weighted by Crippen LogP contribution is -2.32. The fourth-order valence-electron chi connectivity index (χ4n) is 2.25. The van der Waals surface area contributed by atoms with Gasteiger partial charge in [0, 0.05) is 29.7 Å². The molecule has 0 radical (unpaired) electrons. The molecule has 2 heterocycles. The zero-order valence-corrected chi connectivity index (χ0v) is 14.0. The zero-order valence-electron chi connectivity index (χ0n) is 13.2. The van der Waals surface area contributed by atoms with Gasteiger partial charge in [-0.2, -0.15) is 5.10 Å². The number of hydrogen-bond donors (Lipinski definition) is 2. The number of thiazole rings is 1. The highest BCUT2D eigenvalue weighted by Gasteiger charge is 2.11. The summed E-state index contributed by atoms with van der Waals surface area (Å²) >= 11 is 1.59. The van der Waals surface area contributed by atoms with Crippen LogP contribution in [0.2, 0.25) is 0 Å². The topological polar surface area (TPSA) is 84.7 Å². The second kappa shape index (κ2) is 7.69. The van der Waals surface area contributed by atoms with Crippen molar-refractivity contribution in [2.75, 3.05) is 11.9 Å². The Morgan fingerprint density at radius 2 is 2.25 bits per heavy atom. The molecule has 0 aliphatic carbocycles. The monoisotopic (exact) mass is 342 g/mol. The van der Waals surface area contributed by atoms with Gasteiger partial charge >= 0.3 is 6.03 Å². The lowest BCUT2D eigenvalue weighted by molar-refractivity contribution is 0.251. The first-order valence-electron chi connectivity index (χ1n) is 7.57. The molecular formula is C16H18N6OS. The van der Waals surface area contributed by atoms with Gasteiger partial charge in [-0.05, 0) is 11.6 Å². The highest BCUT2D eigenvalue weighted by atomic mass is 32.1. The number of carbonyl (C=O) groups excluding carboxylic acids is 1. The number of aromatic nitrogens is 4. The summed E-state index contributed by atoms with van der Waals surface area (Å²) in [6.07, 6.45) is 4.91. The second-order valence-electron chi connectivity index (χ2n) is 5.36. The molecule has 0 fully saturated rings. The Balaban J connectivity index is 1.58. The molecule has 1 atom stereocenters. The quantitative estimate of drug-likeness (QED) is 0.721. The first kappa shape index (κ1) is 16.1. The molecule has 2 aromatic heterocycles. The van der Waals surface area contributed by atoms with Crippen molar-refractivity contribution in [2.45, 2.75) is 19.4 Å². The van der Waals surface area contributed by atoms with E-state index in [2.05, 4.69) is 25.7 Å². The molecule has 7 nitrogen and oxygen atoms in total. The van der Waals surface area contributed by atoms with Gasteiger partial charge in [0.1, 0.15) is 12.7 Å². The number of hydrogen-bond acceptors (Lipinski definition) is 5. The molecule has 0 saturated carbocycles. The number of carbonyl (C=O) groups is 1. The van der Waals surface area contributed by atoms with Gasteiger partial charge in [0.15, 0.2) is 0 Å². The molecule has 0 bridgehead atoms. The Hall–Kier alpha value is -2.74. The van der Waals surface area contributed by atoms with Crippen LogP contribution < -0.4 is 10.6 Å². The van der Waals surface area contributed by atoms with Crippen LogP contribution in [0.25, 0.3) is 0 Å². The van der Waals surface area contributed by atoms with E-state index in [0.29, 0.717) is 13.1 Å². The van der Waals surface area contributed by atoms with E-state index in [4.69, 9.17) is 0 Å². The Bertz CT molecular complexity index is 772. The average Bonchev–Trinajstić information content (AvgIpc) is 3.28. The van der Waals surface area contributed by atoms with Gasteiger partial charge in [0.2, 0.25) is 0 Å². The van der Waals surface area contributed by atoms with Gasteiger partial charge in [-0.3, -0.25) is 0 Å². The maximum Gasteiger partial charge on any atom is 0.319 e. The third-order valence-corrected chi connectivity index (χ3v) is 4.51. The third kappa shape index (κ3) is 4.17. The largest absolute Gasteiger partial charge is 0.337 e. The third-order valence-electron chi connectivity index (χ3n) is 3.51. The molecule has 0 aliphatic heterocycles. The van der Waals surface area contributed by atoms with Crippen molar-refractivity contribution in [3.63, 3.8) is 0 Å². The Morgan fingerprint density at radius 3 is 3.00 bits per heavy atom. The van der Waals surface area contributed by atoms with Gasteiger partial charge < -0.3 is 10.6 Å². The predicted molar refractivity (Wildman–Crippen MR) is 93.1 cm³/mol. The molecule has 2 N–H and O–H groups in total. The average molecular weight is 342 g/mol. The number of nitrogens with one attached hydrogen (secondary N) is 2. The SMILES string of the molecule is C[C@H](CNC(=O)Nc1ccccc1Cn1cncn1)c1nccs1. The van der Waals surface area contributed by atoms with Crippen molar-refractivity contribution in [3.8, 4) is 0 Å². The fraction of sp³-hybridized carbons (Fsp3) is 0.250. The summed E-state index contributed by atoms with van der Waals surface area (Å²) in [6.45, 7) is 3.12. The minimum Gasteiger partial charge on any atom is -0.337 e. The first-order chi connectivity index (χ1) is 11.7. The van der Waals surface area contributed by atoms with Crippen LogP contribution in [-0.2, 0) is 6.54 Å². The van der Waals surface area contributed by atoms with Crippen LogP contribution in [-0.4, -0.2) is 32.3 Å². The summed E-state index contributed by atoms with van der Waals surface area (Å²) < 4.78 is 1.71. The molecule has 0 unspecified atom stereocenters. The van der Waals surface area contributed by atoms with Crippen LogP contribution in [0.5, 0.6) is 0 Å². The second-order valence-corrected chi connectivity index (χ2v) is 6.28. The van der Waals surface area contributed by atoms with Gasteiger partial charge in [0.05, 0.1) is 11.6 Å². The first-order valence-corrected chi connectivity index (χ1v) is 8.45. The smallest absolute Gasteiger partial charge is 0.319 e. The Labute approximate surface area is 143 Å². The minimum absolute atomic E-state index is 0.182.